The maximum absolute atomic E-state index is 12.4. The van der Waals surface area contributed by atoms with Crippen molar-refractivity contribution < 1.29 is 19.1 Å². The molecule has 6 heteroatoms. The number of ether oxygens (including phenoxy) is 1. The average molecular weight is 328 g/mol. The number of carbonyl (C=O) groups excluding carboxylic acids is 3. The van der Waals surface area contributed by atoms with Gasteiger partial charge in [0, 0.05) is 6.54 Å². The summed E-state index contributed by atoms with van der Waals surface area (Å²) in [5.74, 6) is -0.201. The Balaban J connectivity index is 1.39. The molecule has 0 bridgehead atoms. The fraction of sp³-hybridized carbons (Fsp3) is 0.500. The molecule has 2 saturated heterocycles. The predicted octanol–water partition coefficient (Wildman–Crippen LogP) is 1.21. The third kappa shape index (κ3) is 2.77. The molecule has 2 amide bonds. The molecule has 1 aromatic carbocycles. The van der Waals surface area contributed by atoms with Gasteiger partial charge in [-0.1, -0.05) is 12.1 Å². The van der Waals surface area contributed by atoms with E-state index in [-0.39, 0.29) is 24.5 Å². The van der Waals surface area contributed by atoms with E-state index < -0.39 is 12.0 Å². The highest BCUT2D eigenvalue weighted by molar-refractivity contribution is 5.98. The van der Waals surface area contributed by atoms with Crippen molar-refractivity contribution in [3.05, 3.63) is 35.4 Å². The zero-order chi connectivity index (χ0) is 16.7. The van der Waals surface area contributed by atoms with Gasteiger partial charge in [-0.05, 0) is 49.3 Å². The molecule has 2 atom stereocenters. The van der Waals surface area contributed by atoms with Crippen LogP contribution in [0.2, 0.25) is 0 Å². The quantitative estimate of drug-likeness (QED) is 0.843. The first-order valence-corrected chi connectivity index (χ1v) is 8.51. The molecule has 1 N–H and O–H groups in total. The van der Waals surface area contributed by atoms with Crippen molar-refractivity contribution in [3.63, 3.8) is 0 Å². The molecule has 24 heavy (non-hydrogen) atoms. The SMILES string of the molecule is O=C(OC[C@@H]1NC(=O)[C@@H]2CCCN2C1=O)c1cccc(C2CC2)c1. The van der Waals surface area contributed by atoms with E-state index in [0.717, 1.165) is 24.8 Å². The van der Waals surface area contributed by atoms with Gasteiger partial charge in [0.25, 0.3) is 0 Å². The number of hydrogen-bond donors (Lipinski definition) is 1. The van der Waals surface area contributed by atoms with Gasteiger partial charge in [-0.2, -0.15) is 0 Å². The van der Waals surface area contributed by atoms with Crippen molar-refractivity contribution in [2.75, 3.05) is 13.2 Å². The van der Waals surface area contributed by atoms with E-state index in [1.165, 1.54) is 0 Å². The molecular formula is C18H20N2O4. The predicted molar refractivity (Wildman–Crippen MR) is 85.4 cm³/mol. The van der Waals surface area contributed by atoms with Gasteiger partial charge < -0.3 is 15.0 Å². The Morgan fingerprint density at radius 2 is 2.08 bits per heavy atom. The number of carbonyl (C=O) groups is 3. The second kappa shape index (κ2) is 5.92. The summed E-state index contributed by atoms with van der Waals surface area (Å²) in [6.07, 6.45) is 3.87. The molecule has 0 spiro atoms. The van der Waals surface area contributed by atoms with Crippen LogP contribution in [0.4, 0.5) is 0 Å². The maximum Gasteiger partial charge on any atom is 0.338 e. The van der Waals surface area contributed by atoms with E-state index >= 15 is 0 Å². The van der Waals surface area contributed by atoms with Crippen LogP contribution in [0.3, 0.4) is 0 Å². The Kier molecular flexibility index (Phi) is 3.75. The van der Waals surface area contributed by atoms with E-state index in [2.05, 4.69) is 5.32 Å². The maximum atomic E-state index is 12.4. The van der Waals surface area contributed by atoms with Crippen LogP contribution in [0.5, 0.6) is 0 Å². The number of amides is 2. The Morgan fingerprint density at radius 3 is 2.88 bits per heavy atom. The third-order valence-electron chi connectivity index (χ3n) is 5.01. The Hall–Kier alpha value is -2.37. The minimum Gasteiger partial charge on any atom is -0.459 e. The van der Waals surface area contributed by atoms with Crippen LogP contribution in [0, 0.1) is 0 Å². The van der Waals surface area contributed by atoms with Crippen LogP contribution in [0.25, 0.3) is 0 Å². The lowest BCUT2D eigenvalue weighted by atomic mass is 10.1. The van der Waals surface area contributed by atoms with Crippen LogP contribution in [0.1, 0.15) is 47.5 Å². The largest absolute Gasteiger partial charge is 0.459 e. The molecule has 126 valence electrons. The molecule has 0 aromatic heterocycles. The summed E-state index contributed by atoms with van der Waals surface area (Å²) < 4.78 is 5.29. The number of fused-ring (bicyclic) bond motifs is 1. The van der Waals surface area contributed by atoms with Crippen molar-refractivity contribution in [1.29, 1.82) is 0 Å². The zero-order valence-electron chi connectivity index (χ0n) is 13.4. The monoisotopic (exact) mass is 328 g/mol. The topological polar surface area (TPSA) is 75.7 Å². The molecular weight excluding hydrogens is 308 g/mol. The lowest BCUT2D eigenvalue weighted by Gasteiger charge is -2.34. The number of nitrogens with zero attached hydrogens (tertiary/aromatic N) is 1. The molecule has 0 radical (unpaired) electrons. The van der Waals surface area contributed by atoms with Gasteiger partial charge in [-0.15, -0.1) is 0 Å². The number of piperazine rings is 1. The van der Waals surface area contributed by atoms with Gasteiger partial charge in [0.2, 0.25) is 11.8 Å². The first-order valence-electron chi connectivity index (χ1n) is 8.51. The molecule has 6 nitrogen and oxygen atoms in total. The highest BCUT2D eigenvalue weighted by atomic mass is 16.5. The third-order valence-corrected chi connectivity index (χ3v) is 5.01. The average Bonchev–Trinajstić information content (AvgIpc) is 3.33. The minimum atomic E-state index is -0.776. The van der Waals surface area contributed by atoms with E-state index in [9.17, 15) is 14.4 Å². The molecule has 1 saturated carbocycles. The Labute approximate surface area is 140 Å². The summed E-state index contributed by atoms with van der Waals surface area (Å²) >= 11 is 0. The second-order valence-corrected chi connectivity index (χ2v) is 6.75. The van der Waals surface area contributed by atoms with Gasteiger partial charge >= 0.3 is 5.97 Å². The molecule has 0 unspecified atom stereocenters. The van der Waals surface area contributed by atoms with Crippen molar-refractivity contribution >= 4 is 17.8 Å². The van der Waals surface area contributed by atoms with Gasteiger partial charge in [-0.25, -0.2) is 4.79 Å². The number of esters is 1. The molecule has 4 rings (SSSR count). The van der Waals surface area contributed by atoms with Crippen LogP contribution in [-0.2, 0) is 14.3 Å². The normalized spacial score (nSPS) is 26.1. The van der Waals surface area contributed by atoms with Crippen LogP contribution >= 0.6 is 0 Å². The van der Waals surface area contributed by atoms with Crippen molar-refractivity contribution in [2.24, 2.45) is 0 Å². The van der Waals surface area contributed by atoms with Gasteiger partial charge in [0.05, 0.1) is 5.56 Å². The smallest absolute Gasteiger partial charge is 0.338 e. The summed E-state index contributed by atoms with van der Waals surface area (Å²) in [5, 5.41) is 2.68. The van der Waals surface area contributed by atoms with E-state index in [4.69, 9.17) is 4.74 Å². The molecule has 2 heterocycles. The first-order chi connectivity index (χ1) is 11.6. The Morgan fingerprint density at radius 1 is 1.25 bits per heavy atom. The fourth-order valence-corrected chi connectivity index (χ4v) is 3.52. The number of rotatable bonds is 4. The number of nitrogens with one attached hydrogen (secondary N) is 1. The summed E-state index contributed by atoms with van der Waals surface area (Å²) in [6.45, 7) is 0.477. The van der Waals surface area contributed by atoms with E-state index in [1.54, 1.807) is 11.0 Å². The zero-order valence-corrected chi connectivity index (χ0v) is 13.4. The molecule has 2 aliphatic heterocycles. The molecule has 1 aliphatic carbocycles. The summed E-state index contributed by atoms with van der Waals surface area (Å²) in [4.78, 5) is 38.2. The summed E-state index contributed by atoms with van der Waals surface area (Å²) in [6, 6.07) is 6.32. The van der Waals surface area contributed by atoms with Gasteiger partial charge in [0.15, 0.2) is 0 Å². The van der Waals surface area contributed by atoms with Crippen LogP contribution in [0.15, 0.2) is 24.3 Å². The second-order valence-electron chi connectivity index (χ2n) is 6.75. The number of benzene rings is 1. The molecule has 1 aromatic rings. The van der Waals surface area contributed by atoms with E-state index in [0.29, 0.717) is 24.4 Å². The lowest BCUT2D eigenvalue weighted by molar-refractivity contribution is -0.148. The van der Waals surface area contributed by atoms with Crippen molar-refractivity contribution in [2.45, 2.75) is 43.7 Å². The minimum absolute atomic E-state index is 0.125. The number of hydrogen-bond acceptors (Lipinski definition) is 4. The first kappa shape index (κ1) is 15.2. The highest BCUT2D eigenvalue weighted by Crippen LogP contribution is 2.40. The summed E-state index contributed by atoms with van der Waals surface area (Å²) in [5.41, 5.74) is 1.65. The van der Waals surface area contributed by atoms with Crippen LogP contribution in [-0.4, -0.2) is 47.9 Å². The van der Waals surface area contributed by atoms with E-state index in [1.807, 2.05) is 18.2 Å². The standard InChI is InChI=1S/C18H20N2O4/c21-16-15-5-2-8-20(15)17(22)14(19-16)10-24-18(23)13-4-1-3-12(9-13)11-6-7-11/h1,3-4,9,11,14-15H,2,5-8,10H2,(H,19,21)/t14-,15-/m0/s1. The van der Waals surface area contributed by atoms with Crippen molar-refractivity contribution in [3.8, 4) is 0 Å². The Bertz CT molecular complexity index is 698. The lowest BCUT2D eigenvalue weighted by Crippen LogP contribution is -2.62. The molecule has 3 aliphatic rings. The van der Waals surface area contributed by atoms with Gasteiger partial charge in [0.1, 0.15) is 18.7 Å². The van der Waals surface area contributed by atoms with Crippen LogP contribution < -0.4 is 5.32 Å². The van der Waals surface area contributed by atoms with Gasteiger partial charge in [-0.3, -0.25) is 9.59 Å². The fourth-order valence-electron chi connectivity index (χ4n) is 3.52. The van der Waals surface area contributed by atoms with Crippen molar-refractivity contribution in [1.82, 2.24) is 10.2 Å². The molecule has 3 fully saturated rings. The summed E-state index contributed by atoms with van der Waals surface area (Å²) in [7, 11) is 0. The highest BCUT2D eigenvalue weighted by Gasteiger charge is 2.43.